The molecule has 1 atom stereocenters. The van der Waals surface area contributed by atoms with Crippen LogP contribution in [0.1, 0.15) is 34.6 Å². The Hall–Kier alpha value is -4.00. The van der Waals surface area contributed by atoms with Gasteiger partial charge in [0.15, 0.2) is 5.69 Å². The van der Waals surface area contributed by atoms with E-state index in [2.05, 4.69) is 15.4 Å². The molecule has 0 aliphatic rings. The molecule has 6 nitrogen and oxygen atoms in total. The van der Waals surface area contributed by atoms with E-state index >= 15 is 0 Å². The van der Waals surface area contributed by atoms with Crippen molar-refractivity contribution in [1.29, 1.82) is 0 Å². The van der Waals surface area contributed by atoms with Crippen LogP contribution in [0.5, 0.6) is 5.75 Å². The van der Waals surface area contributed by atoms with Gasteiger partial charge in [-0.3, -0.25) is 9.78 Å². The number of hydrogen-bond acceptors (Lipinski definition) is 4. The first-order chi connectivity index (χ1) is 15.1. The van der Waals surface area contributed by atoms with E-state index in [1.807, 2.05) is 43.3 Å². The molecule has 2 aromatic carbocycles. The first-order valence-electron chi connectivity index (χ1n) is 9.82. The van der Waals surface area contributed by atoms with E-state index in [9.17, 15) is 9.18 Å². The molecule has 4 aromatic rings. The van der Waals surface area contributed by atoms with Gasteiger partial charge in [-0.15, -0.1) is 0 Å². The first-order valence-corrected chi connectivity index (χ1v) is 9.82. The van der Waals surface area contributed by atoms with E-state index in [1.165, 1.54) is 16.8 Å². The van der Waals surface area contributed by atoms with Gasteiger partial charge < -0.3 is 10.1 Å². The van der Waals surface area contributed by atoms with Crippen molar-refractivity contribution in [3.05, 3.63) is 108 Å². The summed E-state index contributed by atoms with van der Waals surface area (Å²) in [5.74, 6) is 0.130. The van der Waals surface area contributed by atoms with Gasteiger partial charge in [-0.2, -0.15) is 5.10 Å². The molecule has 7 heteroatoms. The second kappa shape index (κ2) is 9.21. The molecule has 0 spiro atoms. The molecule has 1 N–H and O–H groups in total. The van der Waals surface area contributed by atoms with Gasteiger partial charge in [0.05, 0.1) is 11.7 Å². The van der Waals surface area contributed by atoms with Crippen molar-refractivity contribution >= 4 is 5.91 Å². The number of amides is 1. The minimum absolute atomic E-state index is 0.212. The minimum atomic E-state index is -0.323. The fraction of sp³-hybridized carbons (Fsp3) is 0.125. The van der Waals surface area contributed by atoms with Crippen molar-refractivity contribution in [2.24, 2.45) is 0 Å². The number of benzene rings is 2. The molecule has 1 amide bonds. The normalized spacial score (nSPS) is 11.7. The summed E-state index contributed by atoms with van der Waals surface area (Å²) in [5.41, 5.74) is 2.90. The standard InChI is InChI=1S/C24H21FN4O2/c1-17(19-4-10-22(11-5-19)31-16-18-3-2-13-26-15-18)27-24(30)23-12-14-29(28-23)21-8-6-20(25)7-9-21/h2-15,17H,16H2,1H3,(H,27,30). The number of carbonyl (C=O) groups excluding carboxylic acids is 1. The quantitative estimate of drug-likeness (QED) is 0.482. The van der Waals surface area contributed by atoms with Crippen LogP contribution in [0.2, 0.25) is 0 Å². The Labute approximate surface area is 179 Å². The van der Waals surface area contributed by atoms with Crippen molar-refractivity contribution in [2.75, 3.05) is 0 Å². The van der Waals surface area contributed by atoms with E-state index in [0.717, 1.165) is 16.9 Å². The molecule has 0 fully saturated rings. The highest BCUT2D eigenvalue weighted by molar-refractivity contribution is 5.92. The lowest BCUT2D eigenvalue weighted by Crippen LogP contribution is -2.27. The molecule has 2 aromatic heterocycles. The summed E-state index contributed by atoms with van der Waals surface area (Å²) in [6, 6.07) is 18.7. The third-order valence-electron chi connectivity index (χ3n) is 4.77. The highest BCUT2D eigenvalue weighted by atomic mass is 19.1. The lowest BCUT2D eigenvalue weighted by molar-refractivity contribution is 0.0934. The molecule has 0 aliphatic carbocycles. The van der Waals surface area contributed by atoms with E-state index in [-0.39, 0.29) is 23.5 Å². The summed E-state index contributed by atoms with van der Waals surface area (Å²) in [7, 11) is 0. The molecule has 0 saturated carbocycles. The Balaban J connectivity index is 1.35. The second-order valence-corrected chi connectivity index (χ2v) is 7.04. The first kappa shape index (κ1) is 20.3. The molecular weight excluding hydrogens is 395 g/mol. The van der Waals surface area contributed by atoms with Crippen LogP contribution in [0.3, 0.4) is 0 Å². The van der Waals surface area contributed by atoms with Crippen molar-refractivity contribution in [1.82, 2.24) is 20.1 Å². The number of nitrogens with zero attached hydrogens (tertiary/aromatic N) is 3. The molecule has 31 heavy (non-hydrogen) atoms. The second-order valence-electron chi connectivity index (χ2n) is 7.04. The van der Waals surface area contributed by atoms with Crippen molar-refractivity contribution < 1.29 is 13.9 Å². The van der Waals surface area contributed by atoms with Crippen molar-refractivity contribution in [3.8, 4) is 11.4 Å². The third kappa shape index (κ3) is 5.14. The number of ether oxygens (including phenoxy) is 1. The molecule has 0 radical (unpaired) electrons. The number of carbonyl (C=O) groups is 1. The summed E-state index contributed by atoms with van der Waals surface area (Å²) in [6.45, 7) is 2.34. The predicted octanol–water partition coefficient (Wildman–Crippen LogP) is 4.48. The van der Waals surface area contributed by atoms with Crippen LogP contribution in [0, 0.1) is 5.82 Å². The number of hydrogen-bond donors (Lipinski definition) is 1. The average molecular weight is 416 g/mol. The van der Waals surface area contributed by atoms with Crippen LogP contribution in [0.4, 0.5) is 4.39 Å². The largest absolute Gasteiger partial charge is 0.489 e. The average Bonchev–Trinajstić information content (AvgIpc) is 3.30. The Morgan fingerprint density at radius 3 is 2.58 bits per heavy atom. The maximum atomic E-state index is 13.1. The van der Waals surface area contributed by atoms with E-state index in [4.69, 9.17) is 4.74 Å². The van der Waals surface area contributed by atoms with Gasteiger partial charge in [-0.1, -0.05) is 18.2 Å². The summed E-state index contributed by atoms with van der Waals surface area (Å²) in [5, 5.41) is 7.22. The monoisotopic (exact) mass is 416 g/mol. The zero-order valence-corrected chi connectivity index (χ0v) is 16.9. The Morgan fingerprint density at radius 2 is 1.87 bits per heavy atom. The Bertz CT molecular complexity index is 1140. The molecule has 4 rings (SSSR count). The van der Waals surface area contributed by atoms with E-state index in [0.29, 0.717) is 12.3 Å². The van der Waals surface area contributed by atoms with Gasteiger partial charge >= 0.3 is 0 Å². The maximum Gasteiger partial charge on any atom is 0.272 e. The molecule has 0 bridgehead atoms. The summed E-state index contributed by atoms with van der Waals surface area (Å²) in [4.78, 5) is 16.6. The van der Waals surface area contributed by atoms with Gasteiger partial charge in [0.1, 0.15) is 18.2 Å². The number of pyridine rings is 1. The number of aromatic nitrogens is 3. The van der Waals surface area contributed by atoms with Crippen LogP contribution in [-0.4, -0.2) is 20.7 Å². The minimum Gasteiger partial charge on any atom is -0.489 e. The van der Waals surface area contributed by atoms with Crippen LogP contribution in [0.15, 0.2) is 85.3 Å². The molecule has 156 valence electrons. The van der Waals surface area contributed by atoms with Crippen LogP contribution in [-0.2, 0) is 6.61 Å². The third-order valence-corrected chi connectivity index (χ3v) is 4.77. The lowest BCUT2D eigenvalue weighted by Gasteiger charge is -2.14. The van der Waals surface area contributed by atoms with Gasteiger partial charge in [-0.05, 0) is 61.0 Å². The van der Waals surface area contributed by atoms with Gasteiger partial charge in [0, 0.05) is 24.2 Å². The van der Waals surface area contributed by atoms with Crippen molar-refractivity contribution in [3.63, 3.8) is 0 Å². The maximum absolute atomic E-state index is 13.1. The van der Waals surface area contributed by atoms with E-state index in [1.54, 1.807) is 36.8 Å². The Morgan fingerprint density at radius 1 is 1.10 bits per heavy atom. The zero-order chi connectivity index (χ0) is 21.6. The summed E-state index contributed by atoms with van der Waals surface area (Å²) < 4.78 is 20.4. The topological polar surface area (TPSA) is 69.0 Å². The van der Waals surface area contributed by atoms with Gasteiger partial charge in [0.2, 0.25) is 0 Å². The van der Waals surface area contributed by atoms with Crippen LogP contribution >= 0.6 is 0 Å². The summed E-state index contributed by atoms with van der Waals surface area (Å²) >= 11 is 0. The molecule has 1 unspecified atom stereocenters. The SMILES string of the molecule is CC(NC(=O)c1ccn(-c2ccc(F)cc2)n1)c1ccc(OCc2cccnc2)cc1. The number of rotatable bonds is 7. The smallest absolute Gasteiger partial charge is 0.272 e. The number of halogens is 1. The van der Waals surface area contributed by atoms with Gasteiger partial charge in [0.25, 0.3) is 5.91 Å². The van der Waals surface area contributed by atoms with Crippen molar-refractivity contribution in [2.45, 2.75) is 19.6 Å². The highest BCUT2D eigenvalue weighted by Crippen LogP contribution is 2.19. The lowest BCUT2D eigenvalue weighted by atomic mass is 10.1. The highest BCUT2D eigenvalue weighted by Gasteiger charge is 2.14. The fourth-order valence-corrected chi connectivity index (χ4v) is 3.04. The molecule has 0 aliphatic heterocycles. The molecule has 2 heterocycles. The molecule has 0 saturated heterocycles. The fourth-order valence-electron chi connectivity index (χ4n) is 3.04. The van der Waals surface area contributed by atoms with E-state index < -0.39 is 0 Å². The van der Waals surface area contributed by atoms with Crippen LogP contribution in [0.25, 0.3) is 5.69 Å². The van der Waals surface area contributed by atoms with Crippen LogP contribution < -0.4 is 10.1 Å². The number of nitrogens with one attached hydrogen (secondary N) is 1. The van der Waals surface area contributed by atoms with Gasteiger partial charge in [-0.25, -0.2) is 9.07 Å². The predicted molar refractivity (Wildman–Crippen MR) is 114 cm³/mol. The summed E-state index contributed by atoms with van der Waals surface area (Å²) in [6.07, 6.45) is 5.16. The molecular formula is C24H21FN4O2. The zero-order valence-electron chi connectivity index (χ0n) is 16.9. The Kier molecular flexibility index (Phi) is 6.03.